The Labute approximate surface area is 102 Å². The van der Waals surface area contributed by atoms with Crippen molar-refractivity contribution in [1.29, 1.82) is 5.26 Å². The van der Waals surface area contributed by atoms with Crippen LogP contribution in [0.5, 0.6) is 0 Å². The fourth-order valence-electron chi connectivity index (χ4n) is 1.40. The van der Waals surface area contributed by atoms with E-state index in [1.54, 1.807) is 6.92 Å². The molecule has 0 spiro atoms. The highest BCUT2D eigenvalue weighted by atomic mass is 19.1. The molecular formula is C11H9FN2O4. The van der Waals surface area contributed by atoms with E-state index in [0.717, 1.165) is 6.07 Å². The molecule has 0 unspecified atom stereocenters. The molecule has 6 nitrogen and oxygen atoms in total. The lowest BCUT2D eigenvalue weighted by atomic mass is 10.1. The summed E-state index contributed by atoms with van der Waals surface area (Å²) >= 11 is 0. The highest BCUT2D eigenvalue weighted by Crippen LogP contribution is 2.26. The normalized spacial score (nSPS) is 9.61. The van der Waals surface area contributed by atoms with Crippen molar-refractivity contribution in [3.05, 3.63) is 39.2 Å². The van der Waals surface area contributed by atoms with Crippen molar-refractivity contribution in [3.63, 3.8) is 0 Å². The molecule has 0 amide bonds. The summed E-state index contributed by atoms with van der Waals surface area (Å²) in [5.74, 6) is -1.92. The van der Waals surface area contributed by atoms with Gasteiger partial charge in [-0.2, -0.15) is 9.65 Å². The van der Waals surface area contributed by atoms with Gasteiger partial charge in [0.05, 0.1) is 23.5 Å². The largest absolute Gasteiger partial charge is 0.466 e. The van der Waals surface area contributed by atoms with Crippen LogP contribution in [0.15, 0.2) is 12.1 Å². The van der Waals surface area contributed by atoms with E-state index in [0.29, 0.717) is 0 Å². The lowest BCUT2D eigenvalue weighted by molar-refractivity contribution is -0.388. The van der Waals surface area contributed by atoms with Crippen molar-refractivity contribution in [2.75, 3.05) is 6.61 Å². The second-order valence-electron chi connectivity index (χ2n) is 3.29. The number of carbonyl (C=O) groups is 1. The van der Waals surface area contributed by atoms with Crippen molar-refractivity contribution >= 4 is 11.7 Å². The molecule has 0 aromatic heterocycles. The van der Waals surface area contributed by atoms with Gasteiger partial charge in [-0.3, -0.25) is 14.9 Å². The first kappa shape index (κ1) is 13.6. The van der Waals surface area contributed by atoms with E-state index in [4.69, 9.17) is 5.26 Å². The van der Waals surface area contributed by atoms with E-state index in [2.05, 4.69) is 4.74 Å². The molecule has 0 heterocycles. The van der Waals surface area contributed by atoms with Crippen molar-refractivity contribution in [3.8, 4) is 6.07 Å². The third kappa shape index (κ3) is 2.79. The van der Waals surface area contributed by atoms with Crippen LogP contribution in [0.2, 0.25) is 0 Å². The van der Waals surface area contributed by atoms with E-state index in [1.807, 2.05) is 0 Å². The number of nitro benzene ring substituents is 1. The van der Waals surface area contributed by atoms with Gasteiger partial charge in [0.2, 0.25) is 5.82 Å². The molecule has 0 N–H and O–H groups in total. The summed E-state index contributed by atoms with van der Waals surface area (Å²) in [6.45, 7) is 1.72. The van der Waals surface area contributed by atoms with Gasteiger partial charge < -0.3 is 4.74 Å². The van der Waals surface area contributed by atoms with Crippen molar-refractivity contribution < 1.29 is 18.8 Å². The number of rotatable bonds is 4. The molecule has 7 heteroatoms. The molecule has 0 aliphatic rings. The molecule has 1 aromatic rings. The van der Waals surface area contributed by atoms with Gasteiger partial charge in [0.15, 0.2) is 0 Å². The number of esters is 1. The molecule has 0 aliphatic carbocycles. The number of hydrogen-bond donors (Lipinski definition) is 0. The van der Waals surface area contributed by atoms with Gasteiger partial charge in [0, 0.05) is 5.56 Å². The average Bonchev–Trinajstić information content (AvgIpc) is 2.29. The standard InChI is InChI=1S/C11H9FN2O4/c1-2-18-9(15)5-7-3-4-8(6-13)10(12)11(7)14(16)17/h3-4H,2,5H2,1H3. The summed E-state index contributed by atoms with van der Waals surface area (Å²) in [5.41, 5.74) is -1.41. The second-order valence-corrected chi connectivity index (χ2v) is 3.29. The first-order valence-corrected chi connectivity index (χ1v) is 5.02. The van der Waals surface area contributed by atoms with Crippen LogP contribution in [0.1, 0.15) is 18.1 Å². The Morgan fingerprint density at radius 2 is 2.28 bits per heavy atom. The molecule has 0 saturated carbocycles. The van der Waals surface area contributed by atoms with Gasteiger partial charge in [-0.05, 0) is 13.0 Å². The summed E-state index contributed by atoms with van der Waals surface area (Å²) in [6.07, 6.45) is -0.410. The molecule has 0 atom stereocenters. The van der Waals surface area contributed by atoms with Crippen LogP contribution in [0, 0.1) is 27.3 Å². The molecule has 1 aromatic carbocycles. The van der Waals surface area contributed by atoms with Crippen molar-refractivity contribution in [2.24, 2.45) is 0 Å². The minimum Gasteiger partial charge on any atom is -0.466 e. The number of benzene rings is 1. The second kappa shape index (κ2) is 5.72. The van der Waals surface area contributed by atoms with E-state index in [9.17, 15) is 19.3 Å². The van der Waals surface area contributed by atoms with Crippen molar-refractivity contribution in [2.45, 2.75) is 13.3 Å². The number of nitriles is 1. The molecule has 0 radical (unpaired) electrons. The van der Waals surface area contributed by atoms with Gasteiger partial charge in [0.1, 0.15) is 6.07 Å². The molecular weight excluding hydrogens is 243 g/mol. The van der Waals surface area contributed by atoms with Crippen LogP contribution < -0.4 is 0 Å². The van der Waals surface area contributed by atoms with E-state index >= 15 is 0 Å². The Morgan fingerprint density at radius 3 is 2.78 bits per heavy atom. The zero-order valence-electron chi connectivity index (χ0n) is 9.47. The maximum Gasteiger partial charge on any atom is 0.310 e. The number of halogens is 1. The van der Waals surface area contributed by atoms with Gasteiger partial charge in [-0.1, -0.05) is 6.07 Å². The molecule has 0 aliphatic heterocycles. The van der Waals surface area contributed by atoms with Crippen LogP contribution in [0.4, 0.5) is 10.1 Å². The van der Waals surface area contributed by atoms with Gasteiger partial charge in [-0.15, -0.1) is 0 Å². The summed E-state index contributed by atoms with van der Waals surface area (Å²) in [7, 11) is 0. The third-order valence-electron chi connectivity index (χ3n) is 2.14. The predicted molar refractivity (Wildman–Crippen MR) is 58.1 cm³/mol. The Hall–Kier alpha value is -2.49. The lowest BCUT2D eigenvalue weighted by Crippen LogP contribution is -2.10. The first-order chi connectivity index (χ1) is 8.51. The summed E-state index contributed by atoms with van der Waals surface area (Å²) in [5, 5.41) is 19.3. The number of carbonyl (C=O) groups excluding carboxylic acids is 1. The number of nitrogens with zero attached hydrogens (tertiary/aromatic N) is 2. The van der Waals surface area contributed by atoms with Gasteiger partial charge >= 0.3 is 11.7 Å². The molecule has 0 saturated heterocycles. The summed E-state index contributed by atoms with van der Waals surface area (Å²) in [4.78, 5) is 21.0. The number of nitro groups is 1. The Balaban J connectivity index is 3.21. The van der Waals surface area contributed by atoms with Crippen LogP contribution in [0.3, 0.4) is 0 Å². The fourth-order valence-corrected chi connectivity index (χ4v) is 1.40. The van der Waals surface area contributed by atoms with Crippen LogP contribution >= 0.6 is 0 Å². The van der Waals surface area contributed by atoms with E-state index < -0.39 is 34.4 Å². The van der Waals surface area contributed by atoms with E-state index in [1.165, 1.54) is 12.1 Å². The predicted octanol–water partition coefficient (Wildman–Crippen LogP) is 1.71. The van der Waals surface area contributed by atoms with Gasteiger partial charge in [0.25, 0.3) is 0 Å². The molecule has 18 heavy (non-hydrogen) atoms. The maximum atomic E-state index is 13.6. The molecule has 0 bridgehead atoms. The van der Waals surface area contributed by atoms with Gasteiger partial charge in [-0.25, -0.2) is 0 Å². The zero-order valence-corrected chi connectivity index (χ0v) is 9.47. The van der Waals surface area contributed by atoms with Crippen molar-refractivity contribution in [1.82, 2.24) is 0 Å². The third-order valence-corrected chi connectivity index (χ3v) is 2.14. The topological polar surface area (TPSA) is 93.2 Å². The summed E-state index contributed by atoms with van der Waals surface area (Å²) < 4.78 is 18.2. The van der Waals surface area contributed by atoms with Crippen LogP contribution in [-0.4, -0.2) is 17.5 Å². The zero-order chi connectivity index (χ0) is 13.7. The minimum absolute atomic E-state index is 0.116. The molecule has 1 rings (SSSR count). The SMILES string of the molecule is CCOC(=O)Cc1ccc(C#N)c(F)c1[N+](=O)[O-]. The molecule has 94 valence electrons. The maximum absolute atomic E-state index is 13.6. The highest BCUT2D eigenvalue weighted by molar-refractivity contribution is 5.74. The smallest absolute Gasteiger partial charge is 0.310 e. The Bertz CT molecular complexity index is 537. The molecule has 0 fully saturated rings. The highest BCUT2D eigenvalue weighted by Gasteiger charge is 2.25. The summed E-state index contributed by atoms with van der Waals surface area (Å²) in [6, 6.07) is 3.77. The Kier molecular flexibility index (Phi) is 4.32. The fraction of sp³-hybridized carbons (Fsp3) is 0.273. The average molecular weight is 252 g/mol. The van der Waals surface area contributed by atoms with Crippen LogP contribution in [0.25, 0.3) is 0 Å². The number of ether oxygens (including phenoxy) is 1. The number of hydrogen-bond acceptors (Lipinski definition) is 5. The minimum atomic E-state index is -1.23. The quantitative estimate of drug-likeness (QED) is 0.462. The van der Waals surface area contributed by atoms with Crippen LogP contribution in [-0.2, 0) is 16.0 Å². The monoisotopic (exact) mass is 252 g/mol. The van der Waals surface area contributed by atoms with E-state index in [-0.39, 0.29) is 12.2 Å². The first-order valence-electron chi connectivity index (χ1n) is 5.02. The lowest BCUT2D eigenvalue weighted by Gasteiger charge is -2.04. The Morgan fingerprint density at radius 1 is 1.61 bits per heavy atom.